The van der Waals surface area contributed by atoms with Crippen LogP contribution in [0.5, 0.6) is 0 Å². The lowest BCUT2D eigenvalue weighted by molar-refractivity contribution is 0.0385. The van der Waals surface area contributed by atoms with E-state index in [9.17, 15) is 8.78 Å². The molecule has 1 atom stereocenters. The van der Waals surface area contributed by atoms with Gasteiger partial charge in [0.15, 0.2) is 11.6 Å². The van der Waals surface area contributed by atoms with Crippen LogP contribution in [0.25, 0.3) is 0 Å². The van der Waals surface area contributed by atoms with Crippen molar-refractivity contribution in [3.8, 4) is 0 Å². The molecule has 0 N–H and O–H groups in total. The van der Waals surface area contributed by atoms with E-state index in [0.29, 0.717) is 6.10 Å². The van der Waals surface area contributed by atoms with Gasteiger partial charge in [-0.1, -0.05) is 84.1 Å². The van der Waals surface area contributed by atoms with Crippen molar-refractivity contribution in [1.82, 2.24) is 0 Å². The Labute approximate surface area is 172 Å². The summed E-state index contributed by atoms with van der Waals surface area (Å²) in [6.45, 7) is 5.30. The number of hydrogen-bond acceptors (Lipinski definition) is 1. The molecule has 1 nitrogen and oxygen atoms in total. The smallest absolute Gasteiger partial charge is 0.159 e. The van der Waals surface area contributed by atoms with Crippen LogP contribution >= 0.6 is 0 Å². The highest BCUT2D eigenvalue weighted by Crippen LogP contribution is 2.18. The van der Waals surface area contributed by atoms with Gasteiger partial charge < -0.3 is 4.74 Å². The van der Waals surface area contributed by atoms with E-state index in [-0.39, 0.29) is 0 Å². The van der Waals surface area contributed by atoms with Gasteiger partial charge in [0.2, 0.25) is 0 Å². The minimum atomic E-state index is -0.761. The first kappa shape index (κ1) is 25.1. The van der Waals surface area contributed by atoms with Crippen LogP contribution in [-0.4, -0.2) is 12.7 Å². The molecule has 1 aromatic carbocycles. The highest BCUT2D eigenvalue weighted by Gasteiger charge is 2.09. The fourth-order valence-electron chi connectivity index (χ4n) is 3.67. The van der Waals surface area contributed by atoms with Gasteiger partial charge in [-0.05, 0) is 49.8 Å². The highest BCUT2D eigenvalue weighted by atomic mass is 19.2. The Morgan fingerprint density at radius 3 is 1.93 bits per heavy atom. The Morgan fingerprint density at radius 2 is 1.32 bits per heavy atom. The molecule has 1 aromatic rings. The Hall–Kier alpha value is -0.960. The van der Waals surface area contributed by atoms with Crippen molar-refractivity contribution in [2.24, 2.45) is 0 Å². The van der Waals surface area contributed by atoms with Gasteiger partial charge in [-0.25, -0.2) is 8.78 Å². The number of unbranched alkanes of at least 4 members (excludes halogenated alkanes) is 9. The zero-order chi connectivity index (χ0) is 20.5. The van der Waals surface area contributed by atoms with Crippen LogP contribution in [0.1, 0.15) is 109 Å². The third-order valence-corrected chi connectivity index (χ3v) is 5.41. The monoisotopic (exact) mass is 396 g/mol. The molecule has 1 rings (SSSR count). The molecular formula is C25H42F2O. The molecule has 0 saturated carbocycles. The molecule has 0 aliphatic carbocycles. The first-order chi connectivity index (χ1) is 13.7. The van der Waals surface area contributed by atoms with Crippen molar-refractivity contribution in [3.05, 3.63) is 35.4 Å². The lowest BCUT2D eigenvalue weighted by Gasteiger charge is -2.17. The van der Waals surface area contributed by atoms with Gasteiger partial charge in [-0.3, -0.25) is 0 Å². The fourth-order valence-corrected chi connectivity index (χ4v) is 3.67. The van der Waals surface area contributed by atoms with Crippen molar-refractivity contribution < 1.29 is 13.5 Å². The Kier molecular flexibility index (Phi) is 15.2. The summed E-state index contributed by atoms with van der Waals surface area (Å²) < 4.78 is 32.2. The van der Waals surface area contributed by atoms with Crippen LogP contribution in [0.3, 0.4) is 0 Å². The van der Waals surface area contributed by atoms with Crippen molar-refractivity contribution in [2.45, 2.75) is 116 Å². The third-order valence-electron chi connectivity index (χ3n) is 5.41. The summed E-state index contributed by atoms with van der Waals surface area (Å²) >= 11 is 0. The third kappa shape index (κ3) is 12.5. The summed E-state index contributed by atoms with van der Waals surface area (Å²) in [6, 6.07) is 4.24. The SMILES string of the molecule is CCCCCCCCCC(CCCCCCc1ccc(F)c(F)c1)OCCC. The number of aryl methyl sites for hydroxylation is 1. The van der Waals surface area contributed by atoms with Gasteiger partial charge in [0, 0.05) is 6.61 Å². The molecule has 0 aliphatic heterocycles. The van der Waals surface area contributed by atoms with E-state index in [1.807, 2.05) is 0 Å². The Bertz CT molecular complexity index is 489. The van der Waals surface area contributed by atoms with E-state index < -0.39 is 11.6 Å². The van der Waals surface area contributed by atoms with Crippen molar-refractivity contribution >= 4 is 0 Å². The molecule has 1 unspecified atom stereocenters. The van der Waals surface area contributed by atoms with Crippen LogP contribution < -0.4 is 0 Å². The summed E-state index contributed by atoms with van der Waals surface area (Å²) in [7, 11) is 0. The molecule has 0 heterocycles. The van der Waals surface area contributed by atoms with E-state index in [1.54, 1.807) is 6.07 Å². The molecule has 0 spiro atoms. The average molecular weight is 397 g/mol. The topological polar surface area (TPSA) is 9.23 Å². The minimum absolute atomic E-state index is 0.418. The van der Waals surface area contributed by atoms with Gasteiger partial charge in [0.1, 0.15) is 0 Å². The van der Waals surface area contributed by atoms with Gasteiger partial charge in [-0.2, -0.15) is 0 Å². The quantitative estimate of drug-likeness (QED) is 0.226. The number of ether oxygens (including phenoxy) is 1. The van der Waals surface area contributed by atoms with Crippen LogP contribution in [-0.2, 0) is 11.2 Å². The summed E-state index contributed by atoms with van der Waals surface area (Å²) in [5.74, 6) is -1.50. The number of benzene rings is 1. The Balaban J connectivity index is 2.10. The standard InChI is InChI=1S/C25H42F2O/c1-3-5-6-7-8-9-13-16-23(28-20-4-2)17-14-11-10-12-15-22-18-19-24(26)25(27)21-22/h18-19,21,23H,3-17,20H2,1-2H3. The summed E-state index contributed by atoms with van der Waals surface area (Å²) in [4.78, 5) is 0. The van der Waals surface area contributed by atoms with Crippen LogP contribution in [0.4, 0.5) is 8.78 Å². The molecule has 0 bridgehead atoms. The van der Waals surface area contributed by atoms with Gasteiger partial charge in [0.25, 0.3) is 0 Å². The van der Waals surface area contributed by atoms with Crippen molar-refractivity contribution in [1.29, 1.82) is 0 Å². The van der Waals surface area contributed by atoms with Crippen LogP contribution in [0, 0.1) is 11.6 Å². The molecule has 3 heteroatoms. The number of halogens is 2. The first-order valence-corrected chi connectivity index (χ1v) is 11.7. The fraction of sp³-hybridized carbons (Fsp3) is 0.760. The minimum Gasteiger partial charge on any atom is -0.378 e. The second-order valence-electron chi connectivity index (χ2n) is 8.10. The lowest BCUT2D eigenvalue weighted by Crippen LogP contribution is -2.13. The van der Waals surface area contributed by atoms with Gasteiger partial charge in [0.05, 0.1) is 6.10 Å². The van der Waals surface area contributed by atoms with Gasteiger partial charge in [-0.15, -0.1) is 0 Å². The van der Waals surface area contributed by atoms with E-state index >= 15 is 0 Å². The zero-order valence-corrected chi connectivity index (χ0v) is 18.3. The Morgan fingerprint density at radius 1 is 0.714 bits per heavy atom. The van der Waals surface area contributed by atoms with Crippen molar-refractivity contribution in [3.63, 3.8) is 0 Å². The van der Waals surface area contributed by atoms with E-state index in [0.717, 1.165) is 44.3 Å². The molecule has 0 radical (unpaired) electrons. The first-order valence-electron chi connectivity index (χ1n) is 11.7. The largest absolute Gasteiger partial charge is 0.378 e. The predicted molar refractivity (Wildman–Crippen MR) is 116 cm³/mol. The maximum atomic E-state index is 13.2. The number of rotatable bonds is 18. The van der Waals surface area contributed by atoms with E-state index in [2.05, 4.69) is 13.8 Å². The van der Waals surface area contributed by atoms with E-state index in [4.69, 9.17) is 4.74 Å². The predicted octanol–water partition coefficient (Wildman–Crippen LogP) is 8.39. The molecule has 0 fully saturated rings. The summed E-state index contributed by atoms with van der Waals surface area (Å²) in [5.41, 5.74) is 0.891. The summed E-state index contributed by atoms with van der Waals surface area (Å²) in [5, 5.41) is 0. The van der Waals surface area contributed by atoms with E-state index in [1.165, 1.54) is 76.3 Å². The molecule has 28 heavy (non-hydrogen) atoms. The molecule has 0 amide bonds. The van der Waals surface area contributed by atoms with Crippen LogP contribution in [0.2, 0.25) is 0 Å². The maximum Gasteiger partial charge on any atom is 0.159 e. The number of hydrogen-bond donors (Lipinski definition) is 0. The second-order valence-corrected chi connectivity index (χ2v) is 8.10. The highest BCUT2D eigenvalue weighted by molar-refractivity contribution is 5.17. The second kappa shape index (κ2) is 16.9. The van der Waals surface area contributed by atoms with Crippen LogP contribution in [0.15, 0.2) is 18.2 Å². The van der Waals surface area contributed by atoms with Crippen molar-refractivity contribution in [2.75, 3.05) is 6.61 Å². The van der Waals surface area contributed by atoms with Gasteiger partial charge >= 0.3 is 0 Å². The molecule has 0 aliphatic rings. The normalized spacial score (nSPS) is 12.4. The summed E-state index contributed by atoms with van der Waals surface area (Å²) in [6.07, 6.45) is 18.7. The molecular weight excluding hydrogens is 354 g/mol. The lowest BCUT2D eigenvalue weighted by atomic mass is 10.0. The maximum absolute atomic E-state index is 13.2. The average Bonchev–Trinajstić information content (AvgIpc) is 2.69. The zero-order valence-electron chi connectivity index (χ0n) is 18.3. The molecule has 0 saturated heterocycles. The molecule has 0 aromatic heterocycles. The molecule has 162 valence electrons.